The SMILES string of the molecule is COCCCN1C(=O)C(O)=C(C(=O)c2ccco2)C1c1cccc(OCc2ccccc2)c1. The Morgan fingerprint density at radius 3 is 2.64 bits per heavy atom. The quantitative estimate of drug-likeness (QED) is 0.364. The average molecular weight is 447 g/mol. The Kier molecular flexibility index (Phi) is 6.90. The minimum absolute atomic E-state index is 0.00687. The number of carbonyl (C=O) groups is 2. The third kappa shape index (κ3) is 4.83. The van der Waals surface area contributed by atoms with E-state index in [0.29, 0.717) is 37.5 Å². The topological polar surface area (TPSA) is 89.2 Å². The second-order valence-electron chi connectivity index (χ2n) is 7.66. The van der Waals surface area contributed by atoms with E-state index in [-0.39, 0.29) is 11.3 Å². The van der Waals surface area contributed by atoms with Crippen molar-refractivity contribution in [2.45, 2.75) is 19.1 Å². The number of hydrogen-bond donors (Lipinski definition) is 1. The first kappa shape index (κ1) is 22.4. The smallest absolute Gasteiger partial charge is 0.290 e. The van der Waals surface area contributed by atoms with Crippen LogP contribution in [0.1, 0.15) is 34.1 Å². The van der Waals surface area contributed by atoms with Gasteiger partial charge in [0, 0.05) is 20.3 Å². The Morgan fingerprint density at radius 2 is 1.91 bits per heavy atom. The average Bonchev–Trinajstić information content (AvgIpc) is 3.47. The molecule has 1 aromatic heterocycles. The van der Waals surface area contributed by atoms with E-state index in [0.717, 1.165) is 5.56 Å². The van der Waals surface area contributed by atoms with Gasteiger partial charge in [0.2, 0.25) is 5.78 Å². The molecule has 1 unspecified atom stereocenters. The minimum Gasteiger partial charge on any atom is -0.503 e. The Labute approximate surface area is 191 Å². The molecule has 1 aliphatic rings. The van der Waals surface area contributed by atoms with Crippen LogP contribution in [-0.2, 0) is 16.1 Å². The van der Waals surface area contributed by atoms with E-state index in [1.165, 1.54) is 17.2 Å². The van der Waals surface area contributed by atoms with E-state index in [9.17, 15) is 14.7 Å². The minimum atomic E-state index is -0.771. The van der Waals surface area contributed by atoms with Crippen molar-refractivity contribution in [3.8, 4) is 5.75 Å². The summed E-state index contributed by atoms with van der Waals surface area (Å²) in [6, 6.07) is 19.3. The molecule has 4 rings (SSSR count). The number of ketones is 1. The van der Waals surface area contributed by atoms with Crippen LogP contribution in [0.25, 0.3) is 0 Å². The fraction of sp³-hybridized carbons (Fsp3) is 0.231. The van der Waals surface area contributed by atoms with E-state index >= 15 is 0 Å². The molecule has 2 heterocycles. The van der Waals surface area contributed by atoms with E-state index in [1.54, 1.807) is 25.3 Å². The summed E-state index contributed by atoms with van der Waals surface area (Å²) in [5.74, 6) is -1.03. The van der Waals surface area contributed by atoms with Gasteiger partial charge in [-0.1, -0.05) is 42.5 Å². The van der Waals surface area contributed by atoms with Crippen molar-refractivity contribution in [2.75, 3.05) is 20.3 Å². The molecule has 0 radical (unpaired) electrons. The van der Waals surface area contributed by atoms with Crippen LogP contribution in [0.4, 0.5) is 0 Å². The molecular weight excluding hydrogens is 422 g/mol. The van der Waals surface area contributed by atoms with Gasteiger partial charge in [-0.2, -0.15) is 0 Å². The third-order valence-electron chi connectivity index (χ3n) is 5.46. The molecule has 170 valence electrons. The third-order valence-corrected chi connectivity index (χ3v) is 5.46. The summed E-state index contributed by atoms with van der Waals surface area (Å²) in [6.45, 7) is 1.13. The van der Waals surface area contributed by atoms with Crippen molar-refractivity contribution in [3.63, 3.8) is 0 Å². The number of Topliss-reactive ketones (excluding diaryl/α,β-unsaturated/α-hetero) is 1. The molecule has 1 atom stereocenters. The van der Waals surface area contributed by atoms with Gasteiger partial charge in [-0.25, -0.2) is 0 Å². The largest absolute Gasteiger partial charge is 0.503 e. The van der Waals surface area contributed by atoms with Crippen LogP contribution >= 0.6 is 0 Å². The summed E-state index contributed by atoms with van der Waals surface area (Å²) in [5.41, 5.74) is 1.67. The predicted octanol–water partition coefficient (Wildman–Crippen LogP) is 4.47. The zero-order valence-electron chi connectivity index (χ0n) is 18.3. The summed E-state index contributed by atoms with van der Waals surface area (Å²) in [7, 11) is 1.58. The second kappa shape index (κ2) is 10.2. The van der Waals surface area contributed by atoms with Crippen LogP contribution in [-0.4, -0.2) is 42.0 Å². The monoisotopic (exact) mass is 447 g/mol. The molecule has 3 aromatic rings. The molecule has 0 bridgehead atoms. The zero-order valence-corrected chi connectivity index (χ0v) is 18.3. The highest BCUT2D eigenvalue weighted by Gasteiger charge is 2.44. The highest BCUT2D eigenvalue weighted by Crippen LogP contribution is 2.40. The van der Waals surface area contributed by atoms with Crippen LogP contribution in [0.2, 0.25) is 0 Å². The Balaban J connectivity index is 1.66. The molecule has 0 aliphatic carbocycles. The maximum atomic E-state index is 13.2. The molecular formula is C26H25NO6. The first-order chi connectivity index (χ1) is 16.1. The van der Waals surface area contributed by atoms with Gasteiger partial charge in [0.1, 0.15) is 12.4 Å². The van der Waals surface area contributed by atoms with Gasteiger partial charge >= 0.3 is 0 Å². The number of carbonyl (C=O) groups excluding carboxylic acids is 2. The van der Waals surface area contributed by atoms with Crippen LogP contribution in [0.15, 0.2) is 88.7 Å². The van der Waals surface area contributed by atoms with Crippen molar-refractivity contribution in [3.05, 3.63) is 101 Å². The van der Waals surface area contributed by atoms with Crippen molar-refractivity contribution in [1.29, 1.82) is 0 Å². The predicted molar refractivity (Wildman–Crippen MR) is 121 cm³/mol. The maximum Gasteiger partial charge on any atom is 0.290 e. The Bertz CT molecular complexity index is 1140. The van der Waals surface area contributed by atoms with E-state index in [4.69, 9.17) is 13.9 Å². The highest BCUT2D eigenvalue weighted by molar-refractivity contribution is 6.15. The zero-order chi connectivity index (χ0) is 23.2. The standard InChI is InChI=1S/C26H25NO6/c1-31-14-7-13-27-23(22(25(29)26(27)30)24(28)21-12-6-15-32-21)19-10-5-11-20(16-19)33-17-18-8-3-2-4-9-18/h2-6,8-12,15-16,23,29H,7,13-14,17H2,1H3. The molecule has 7 nitrogen and oxygen atoms in total. The molecule has 1 amide bonds. The maximum absolute atomic E-state index is 13.2. The first-order valence-corrected chi connectivity index (χ1v) is 10.7. The summed E-state index contributed by atoms with van der Waals surface area (Å²) >= 11 is 0. The molecule has 0 fully saturated rings. The van der Waals surface area contributed by atoms with Crippen molar-refractivity contribution in [2.24, 2.45) is 0 Å². The van der Waals surface area contributed by atoms with Crippen LogP contribution in [0.3, 0.4) is 0 Å². The molecule has 0 saturated heterocycles. The van der Waals surface area contributed by atoms with Crippen molar-refractivity contribution < 1.29 is 28.6 Å². The number of aliphatic hydroxyl groups excluding tert-OH is 1. The van der Waals surface area contributed by atoms with Gasteiger partial charge in [-0.05, 0) is 41.8 Å². The lowest BCUT2D eigenvalue weighted by molar-refractivity contribution is -0.129. The molecule has 0 spiro atoms. The molecule has 1 N–H and O–H groups in total. The molecule has 33 heavy (non-hydrogen) atoms. The second-order valence-corrected chi connectivity index (χ2v) is 7.66. The fourth-order valence-electron chi connectivity index (χ4n) is 3.90. The van der Waals surface area contributed by atoms with Crippen molar-refractivity contribution >= 4 is 11.7 Å². The highest BCUT2D eigenvalue weighted by atomic mass is 16.5. The molecule has 1 aliphatic heterocycles. The van der Waals surface area contributed by atoms with Crippen LogP contribution < -0.4 is 4.74 Å². The van der Waals surface area contributed by atoms with Crippen molar-refractivity contribution in [1.82, 2.24) is 4.90 Å². The van der Waals surface area contributed by atoms with Gasteiger partial charge in [0.25, 0.3) is 5.91 Å². The van der Waals surface area contributed by atoms with Gasteiger partial charge in [0.15, 0.2) is 11.5 Å². The molecule has 7 heteroatoms. The summed E-state index contributed by atoms with van der Waals surface area (Å²) in [5, 5.41) is 10.7. The van der Waals surface area contributed by atoms with Gasteiger partial charge in [0.05, 0.1) is 17.9 Å². The summed E-state index contributed by atoms with van der Waals surface area (Å²) in [4.78, 5) is 27.6. The Morgan fingerprint density at radius 1 is 1.09 bits per heavy atom. The van der Waals surface area contributed by atoms with E-state index in [2.05, 4.69) is 0 Å². The molecule has 2 aromatic carbocycles. The fourth-order valence-corrected chi connectivity index (χ4v) is 3.90. The number of rotatable bonds is 10. The lowest BCUT2D eigenvalue weighted by Gasteiger charge is -2.27. The summed E-state index contributed by atoms with van der Waals surface area (Å²) in [6.07, 6.45) is 1.93. The number of aliphatic hydroxyl groups is 1. The number of nitrogens with zero attached hydrogens (tertiary/aromatic N) is 1. The number of hydrogen-bond acceptors (Lipinski definition) is 6. The number of amides is 1. The number of methoxy groups -OCH3 is 1. The first-order valence-electron chi connectivity index (χ1n) is 10.7. The van der Waals surface area contributed by atoms with Gasteiger partial charge < -0.3 is 23.9 Å². The van der Waals surface area contributed by atoms with Gasteiger partial charge in [-0.3, -0.25) is 9.59 Å². The lowest BCUT2D eigenvalue weighted by atomic mass is 9.95. The van der Waals surface area contributed by atoms with Crippen LogP contribution in [0.5, 0.6) is 5.75 Å². The number of ether oxygens (including phenoxy) is 2. The normalized spacial score (nSPS) is 15.8. The van der Waals surface area contributed by atoms with Gasteiger partial charge in [-0.15, -0.1) is 0 Å². The molecule has 0 saturated carbocycles. The van der Waals surface area contributed by atoms with E-state index in [1.807, 2.05) is 42.5 Å². The number of furan rings is 1. The number of benzene rings is 2. The van der Waals surface area contributed by atoms with Crippen LogP contribution in [0, 0.1) is 0 Å². The van der Waals surface area contributed by atoms with E-state index < -0.39 is 23.5 Å². The Hall–Kier alpha value is -3.84. The lowest BCUT2D eigenvalue weighted by Crippen LogP contribution is -2.32. The summed E-state index contributed by atoms with van der Waals surface area (Å²) < 4.78 is 16.3.